The SMILES string of the molecule is CCc1nn(C)c(CC)c1CNC(=NC)NCCCOCC(C)C. The second-order valence-corrected chi connectivity index (χ2v) is 6.38. The highest BCUT2D eigenvalue weighted by molar-refractivity contribution is 5.79. The molecule has 24 heavy (non-hydrogen) atoms. The molecule has 1 aromatic heterocycles. The highest BCUT2D eigenvalue weighted by atomic mass is 16.5. The minimum atomic E-state index is 0.590. The summed E-state index contributed by atoms with van der Waals surface area (Å²) in [5.41, 5.74) is 3.75. The van der Waals surface area contributed by atoms with Gasteiger partial charge in [-0.15, -0.1) is 0 Å². The second-order valence-electron chi connectivity index (χ2n) is 6.38. The van der Waals surface area contributed by atoms with Crippen molar-refractivity contribution in [3.63, 3.8) is 0 Å². The van der Waals surface area contributed by atoms with Crippen molar-refractivity contribution in [2.24, 2.45) is 18.0 Å². The van der Waals surface area contributed by atoms with Crippen molar-refractivity contribution in [1.82, 2.24) is 20.4 Å². The number of aliphatic imine (C=N–C) groups is 1. The molecule has 0 aliphatic heterocycles. The van der Waals surface area contributed by atoms with E-state index in [0.717, 1.165) is 51.5 Å². The van der Waals surface area contributed by atoms with Crippen LogP contribution in [0.1, 0.15) is 51.1 Å². The maximum absolute atomic E-state index is 5.59. The number of nitrogens with one attached hydrogen (secondary N) is 2. The zero-order chi connectivity index (χ0) is 17.9. The molecule has 0 saturated heterocycles. The van der Waals surface area contributed by atoms with Gasteiger partial charge in [-0.1, -0.05) is 27.7 Å². The van der Waals surface area contributed by atoms with Crippen LogP contribution in [0.5, 0.6) is 0 Å². The van der Waals surface area contributed by atoms with Crippen molar-refractivity contribution < 1.29 is 4.74 Å². The maximum Gasteiger partial charge on any atom is 0.191 e. The predicted octanol–water partition coefficient (Wildman–Crippen LogP) is 2.27. The first-order valence-electron chi connectivity index (χ1n) is 9.09. The zero-order valence-corrected chi connectivity index (χ0v) is 16.3. The van der Waals surface area contributed by atoms with Crippen LogP contribution < -0.4 is 10.6 Å². The third-order valence-corrected chi connectivity index (χ3v) is 3.89. The number of guanidine groups is 1. The minimum absolute atomic E-state index is 0.590. The van der Waals surface area contributed by atoms with E-state index in [4.69, 9.17) is 4.74 Å². The van der Waals surface area contributed by atoms with Crippen LogP contribution in [0, 0.1) is 5.92 Å². The molecule has 0 amide bonds. The van der Waals surface area contributed by atoms with Crippen LogP contribution in [-0.2, 0) is 31.2 Å². The molecule has 6 heteroatoms. The van der Waals surface area contributed by atoms with Gasteiger partial charge < -0.3 is 15.4 Å². The van der Waals surface area contributed by atoms with Crippen LogP contribution in [0.4, 0.5) is 0 Å². The summed E-state index contributed by atoms with van der Waals surface area (Å²) >= 11 is 0. The van der Waals surface area contributed by atoms with Gasteiger partial charge in [0.05, 0.1) is 5.69 Å². The molecule has 1 rings (SSSR count). The van der Waals surface area contributed by atoms with Gasteiger partial charge in [-0.25, -0.2) is 0 Å². The first-order chi connectivity index (χ1) is 11.5. The van der Waals surface area contributed by atoms with Crippen LogP contribution >= 0.6 is 0 Å². The minimum Gasteiger partial charge on any atom is -0.381 e. The van der Waals surface area contributed by atoms with Crippen molar-refractivity contribution in [2.45, 2.75) is 53.5 Å². The summed E-state index contributed by atoms with van der Waals surface area (Å²) in [6.45, 7) is 11.9. The average Bonchev–Trinajstić information content (AvgIpc) is 2.88. The molecule has 0 spiro atoms. The van der Waals surface area contributed by atoms with Gasteiger partial charge in [-0.05, 0) is 25.2 Å². The molecule has 0 fully saturated rings. The van der Waals surface area contributed by atoms with Crippen LogP contribution in [-0.4, -0.2) is 42.5 Å². The fraction of sp³-hybridized carbons (Fsp3) is 0.778. The average molecular weight is 338 g/mol. The molecule has 1 heterocycles. The van der Waals surface area contributed by atoms with Crippen molar-refractivity contribution in [3.05, 3.63) is 17.0 Å². The Morgan fingerprint density at radius 1 is 1.25 bits per heavy atom. The number of hydrogen-bond acceptors (Lipinski definition) is 3. The van der Waals surface area contributed by atoms with Crippen molar-refractivity contribution in [1.29, 1.82) is 0 Å². The van der Waals surface area contributed by atoms with E-state index in [1.54, 1.807) is 7.05 Å². The van der Waals surface area contributed by atoms with E-state index in [9.17, 15) is 0 Å². The molecule has 0 radical (unpaired) electrons. The summed E-state index contributed by atoms with van der Waals surface area (Å²) < 4.78 is 7.59. The predicted molar refractivity (Wildman–Crippen MR) is 100 cm³/mol. The Kier molecular flexibility index (Phi) is 9.45. The summed E-state index contributed by atoms with van der Waals surface area (Å²) in [5.74, 6) is 1.42. The lowest BCUT2D eigenvalue weighted by molar-refractivity contribution is 0.108. The summed E-state index contributed by atoms with van der Waals surface area (Å²) in [6.07, 6.45) is 2.91. The number of nitrogens with zero attached hydrogens (tertiary/aromatic N) is 3. The van der Waals surface area contributed by atoms with E-state index in [2.05, 4.69) is 48.4 Å². The van der Waals surface area contributed by atoms with Crippen molar-refractivity contribution >= 4 is 5.96 Å². The summed E-state index contributed by atoms with van der Waals surface area (Å²) in [6, 6.07) is 0. The monoisotopic (exact) mass is 337 g/mol. The molecular weight excluding hydrogens is 302 g/mol. The van der Waals surface area contributed by atoms with E-state index >= 15 is 0 Å². The Morgan fingerprint density at radius 2 is 2.00 bits per heavy atom. The van der Waals surface area contributed by atoms with E-state index in [-0.39, 0.29) is 0 Å². The molecule has 0 aliphatic rings. The largest absolute Gasteiger partial charge is 0.381 e. The first-order valence-corrected chi connectivity index (χ1v) is 9.09. The molecule has 0 unspecified atom stereocenters. The van der Waals surface area contributed by atoms with Gasteiger partial charge in [0.25, 0.3) is 0 Å². The Balaban J connectivity index is 2.42. The quantitative estimate of drug-likeness (QED) is 0.391. The fourth-order valence-electron chi connectivity index (χ4n) is 2.69. The van der Waals surface area contributed by atoms with Crippen molar-refractivity contribution in [2.75, 3.05) is 26.8 Å². The topological polar surface area (TPSA) is 63.5 Å². The second kappa shape index (κ2) is 11.1. The highest BCUT2D eigenvalue weighted by Crippen LogP contribution is 2.15. The van der Waals surface area contributed by atoms with Crippen LogP contribution in [0.3, 0.4) is 0 Å². The third kappa shape index (κ3) is 6.51. The molecular formula is C18H35N5O. The number of aryl methyl sites for hydroxylation is 2. The summed E-state index contributed by atoms with van der Waals surface area (Å²) in [7, 11) is 3.82. The molecule has 0 aromatic carbocycles. The number of aromatic nitrogens is 2. The molecule has 2 N–H and O–H groups in total. The molecule has 0 saturated carbocycles. The van der Waals surface area contributed by atoms with E-state index in [1.807, 2.05) is 11.7 Å². The Labute approximate surface area is 147 Å². The van der Waals surface area contributed by atoms with Crippen LogP contribution in [0.15, 0.2) is 4.99 Å². The Morgan fingerprint density at radius 3 is 2.58 bits per heavy atom. The van der Waals surface area contributed by atoms with Gasteiger partial charge in [-0.3, -0.25) is 9.67 Å². The van der Waals surface area contributed by atoms with E-state index in [0.29, 0.717) is 5.92 Å². The number of ether oxygens (including phenoxy) is 1. The Hall–Kier alpha value is -1.56. The maximum atomic E-state index is 5.59. The highest BCUT2D eigenvalue weighted by Gasteiger charge is 2.13. The lowest BCUT2D eigenvalue weighted by Crippen LogP contribution is -2.37. The fourth-order valence-corrected chi connectivity index (χ4v) is 2.69. The van der Waals surface area contributed by atoms with Crippen LogP contribution in [0.25, 0.3) is 0 Å². The third-order valence-electron chi connectivity index (χ3n) is 3.89. The number of rotatable bonds is 10. The normalized spacial score (nSPS) is 12.0. The molecule has 1 aromatic rings. The standard InChI is InChI=1S/C18H35N5O/c1-7-16-15(17(8-2)23(6)22-16)12-21-18(19-5)20-10-9-11-24-13-14(3)4/h14H,7-13H2,1-6H3,(H2,19,20,21). The lowest BCUT2D eigenvalue weighted by atomic mass is 10.1. The van der Waals surface area contributed by atoms with Gasteiger partial charge in [-0.2, -0.15) is 5.10 Å². The molecule has 0 bridgehead atoms. The Bertz CT molecular complexity index is 508. The molecule has 138 valence electrons. The van der Waals surface area contributed by atoms with Gasteiger partial charge in [0, 0.05) is 51.7 Å². The summed E-state index contributed by atoms with van der Waals surface area (Å²) in [5, 5.41) is 11.4. The van der Waals surface area contributed by atoms with Crippen molar-refractivity contribution in [3.8, 4) is 0 Å². The number of hydrogen-bond donors (Lipinski definition) is 2. The van der Waals surface area contributed by atoms with Crippen LogP contribution in [0.2, 0.25) is 0 Å². The van der Waals surface area contributed by atoms with Gasteiger partial charge >= 0.3 is 0 Å². The van der Waals surface area contributed by atoms with Gasteiger partial charge in [0.1, 0.15) is 0 Å². The summed E-state index contributed by atoms with van der Waals surface area (Å²) in [4.78, 5) is 4.29. The first kappa shape index (κ1) is 20.5. The van der Waals surface area contributed by atoms with E-state index < -0.39 is 0 Å². The van der Waals surface area contributed by atoms with E-state index in [1.165, 1.54) is 17.0 Å². The van der Waals surface area contributed by atoms with Gasteiger partial charge in [0.2, 0.25) is 0 Å². The lowest BCUT2D eigenvalue weighted by Gasteiger charge is -2.13. The zero-order valence-electron chi connectivity index (χ0n) is 16.3. The molecule has 0 atom stereocenters. The molecule has 0 aliphatic carbocycles. The smallest absolute Gasteiger partial charge is 0.191 e. The molecule has 6 nitrogen and oxygen atoms in total. The van der Waals surface area contributed by atoms with Gasteiger partial charge in [0.15, 0.2) is 5.96 Å².